The zero-order chi connectivity index (χ0) is 11.9. The monoisotopic (exact) mass is 311 g/mol. The first-order valence-corrected chi connectivity index (χ1v) is 5.11. The highest BCUT2D eigenvalue weighted by atomic mass is 79.9. The first-order chi connectivity index (χ1) is 7.38. The molecule has 2 aromatic rings. The third-order valence-electron chi connectivity index (χ3n) is 1.76. The van der Waals surface area contributed by atoms with Gasteiger partial charge in [0.25, 0.3) is 0 Å². The van der Waals surface area contributed by atoms with Crippen LogP contribution in [0, 0.1) is 0 Å². The number of hydrogen-bond donors (Lipinski definition) is 0. The molecule has 2 heterocycles. The van der Waals surface area contributed by atoms with Gasteiger partial charge in [-0.3, -0.25) is 0 Å². The Bertz CT molecular complexity index is 558. The Hall–Kier alpha value is -0.950. The van der Waals surface area contributed by atoms with Crippen molar-refractivity contribution in [2.75, 3.05) is 0 Å². The van der Waals surface area contributed by atoms with Gasteiger partial charge in [0.2, 0.25) is 5.82 Å². The Morgan fingerprint density at radius 2 is 1.94 bits per heavy atom. The second kappa shape index (κ2) is 3.81. The van der Waals surface area contributed by atoms with E-state index in [0.29, 0.717) is 9.99 Å². The summed E-state index contributed by atoms with van der Waals surface area (Å²) in [4.78, 5) is 10.3. The van der Waals surface area contributed by atoms with E-state index in [1.165, 1.54) is 12.3 Å². The molecule has 0 unspecified atom stereocenters. The van der Waals surface area contributed by atoms with Gasteiger partial charge >= 0.3 is 6.18 Å². The molecule has 0 N–H and O–H groups in total. The highest BCUT2D eigenvalue weighted by Gasteiger charge is 2.35. The molecule has 0 saturated heterocycles. The van der Waals surface area contributed by atoms with Crippen molar-refractivity contribution in [3.8, 4) is 0 Å². The van der Waals surface area contributed by atoms with Crippen molar-refractivity contribution in [3.05, 3.63) is 27.8 Å². The normalized spacial score (nSPS) is 12.1. The van der Waals surface area contributed by atoms with Gasteiger partial charge in [0.1, 0.15) is 9.76 Å². The smallest absolute Gasteiger partial charge is 0.247 e. The third kappa shape index (κ3) is 2.10. The zero-order valence-electron chi connectivity index (χ0n) is 7.39. The molecule has 0 aliphatic rings. The van der Waals surface area contributed by atoms with E-state index in [4.69, 9.17) is 11.6 Å². The van der Waals surface area contributed by atoms with E-state index in [9.17, 15) is 13.2 Å². The quantitative estimate of drug-likeness (QED) is 0.552. The van der Waals surface area contributed by atoms with E-state index in [0.717, 1.165) is 0 Å². The van der Waals surface area contributed by atoms with Gasteiger partial charge in [-0.15, -0.1) is 0 Å². The van der Waals surface area contributed by atoms with Gasteiger partial charge in [-0.2, -0.15) is 13.2 Å². The molecule has 0 bridgehead atoms. The first-order valence-electron chi connectivity index (χ1n) is 3.94. The lowest BCUT2D eigenvalue weighted by Crippen LogP contribution is -2.11. The average Bonchev–Trinajstić information content (AvgIpc) is 2.17. The molecule has 0 atom stereocenters. The van der Waals surface area contributed by atoms with Gasteiger partial charge in [-0.25, -0.2) is 15.0 Å². The number of alkyl halides is 3. The van der Waals surface area contributed by atoms with E-state index in [2.05, 4.69) is 30.9 Å². The van der Waals surface area contributed by atoms with E-state index in [-0.39, 0.29) is 10.7 Å². The van der Waals surface area contributed by atoms with Crippen molar-refractivity contribution in [3.63, 3.8) is 0 Å². The number of hydrogen-bond acceptors (Lipinski definition) is 3. The maximum absolute atomic E-state index is 12.4. The van der Waals surface area contributed by atoms with E-state index < -0.39 is 12.0 Å². The predicted octanol–water partition coefficient (Wildman–Crippen LogP) is 3.46. The van der Waals surface area contributed by atoms with Crippen LogP contribution in [0.25, 0.3) is 10.9 Å². The lowest BCUT2D eigenvalue weighted by molar-refractivity contribution is -0.144. The summed E-state index contributed by atoms with van der Waals surface area (Å²) in [5.74, 6) is -1.27. The number of nitrogens with zero attached hydrogens (tertiary/aromatic N) is 3. The lowest BCUT2D eigenvalue weighted by atomic mass is 10.3. The van der Waals surface area contributed by atoms with Gasteiger partial charge < -0.3 is 0 Å². The summed E-state index contributed by atoms with van der Waals surface area (Å²) in [5.41, 5.74) is 0.0514. The maximum Gasteiger partial charge on any atom is 0.451 e. The van der Waals surface area contributed by atoms with Gasteiger partial charge in [0.15, 0.2) is 0 Å². The van der Waals surface area contributed by atoms with Crippen molar-refractivity contribution in [2.24, 2.45) is 0 Å². The van der Waals surface area contributed by atoms with Crippen LogP contribution in [0.15, 0.2) is 16.9 Å². The van der Waals surface area contributed by atoms with Gasteiger partial charge in [-0.05, 0) is 22.0 Å². The molecule has 0 aliphatic heterocycles. The molecule has 16 heavy (non-hydrogen) atoms. The number of aromatic nitrogens is 3. The summed E-state index contributed by atoms with van der Waals surface area (Å²) in [6, 6.07) is 1.46. The number of pyridine rings is 1. The molecular formula is C8H2BrClF3N3. The van der Waals surface area contributed by atoms with Crippen molar-refractivity contribution in [1.82, 2.24) is 15.0 Å². The van der Waals surface area contributed by atoms with Gasteiger partial charge in [-0.1, -0.05) is 11.6 Å². The molecule has 3 nitrogen and oxygen atoms in total. The van der Waals surface area contributed by atoms with Crippen LogP contribution in [-0.4, -0.2) is 15.0 Å². The van der Waals surface area contributed by atoms with Crippen LogP contribution in [0.4, 0.5) is 13.2 Å². The highest BCUT2D eigenvalue weighted by molar-refractivity contribution is 9.10. The third-order valence-corrected chi connectivity index (χ3v) is 2.48. The Morgan fingerprint density at radius 1 is 1.25 bits per heavy atom. The second-order valence-corrected chi connectivity index (χ2v) is 4.03. The molecule has 0 aromatic carbocycles. The summed E-state index contributed by atoms with van der Waals surface area (Å²) >= 11 is 8.72. The molecule has 0 saturated carbocycles. The summed E-state index contributed by atoms with van der Waals surface area (Å²) in [6.45, 7) is 0. The summed E-state index contributed by atoms with van der Waals surface area (Å²) in [6.07, 6.45) is -3.42. The molecule has 0 spiro atoms. The second-order valence-electron chi connectivity index (χ2n) is 2.86. The summed E-state index contributed by atoms with van der Waals surface area (Å²) in [5, 5.41) is 0.0666. The minimum absolute atomic E-state index is 0.0514. The van der Waals surface area contributed by atoms with E-state index in [1.54, 1.807) is 0 Å². The SMILES string of the molecule is FC(F)(F)c1nc(Cl)c2cc(Br)ncc2n1. The lowest BCUT2D eigenvalue weighted by Gasteiger charge is -2.06. The fraction of sp³-hybridized carbons (Fsp3) is 0.125. The van der Waals surface area contributed by atoms with Crippen LogP contribution in [0.3, 0.4) is 0 Å². The van der Waals surface area contributed by atoms with E-state index in [1.807, 2.05) is 0 Å². The topological polar surface area (TPSA) is 38.7 Å². The molecular weight excluding hydrogens is 310 g/mol. The number of rotatable bonds is 0. The van der Waals surface area contributed by atoms with Crippen molar-refractivity contribution >= 4 is 38.4 Å². The van der Waals surface area contributed by atoms with Crippen LogP contribution in [-0.2, 0) is 6.18 Å². The van der Waals surface area contributed by atoms with Crippen LogP contribution >= 0.6 is 27.5 Å². The molecule has 2 aromatic heterocycles. The fourth-order valence-electron chi connectivity index (χ4n) is 1.10. The molecule has 0 radical (unpaired) electrons. The van der Waals surface area contributed by atoms with Crippen LogP contribution in [0.1, 0.15) is 5.82 Å². The Labute approximate surface area is 101 Å². The molecule has 0 aliphatic carbocycles. The first kappa shape index (κ1) is 11.5. The number of halogens is 5. The Kier molecular flexibility index (Phi) is 2.75. The molecule has 8 heteroatoms. The van der Waals surface area contributed by atoms with Gasteiger partial charge in [0, 0.05) is 5.39 Å². The minimum Gasteiger partial charge on any atom is -0.247 e. The summed E-state index contributed by atoms with van der Waals surface area (Å²) < 4.78 is 37.5. The Balaban J connectivity index is 2.74. The minimum atomic E-state index is -4.62. The summed E-state index contributed by atoms with van der Waals surface area (Å²) in [7, 11) is 0. The van der Waals surface area contributed by atoms with Crippen molar-refractivity contribution in [2.45, 2.75) is 6.18 Å². The molecule has 2 rings (SSSR count). The highest BCUT2D eigenvalue weighted by Crippen LogP contribution is 2.30. The standard InChI is InChI=1S/C8H2BrClF3N3/c9-5-1-3-4(2-14-5)15-7(8(11,12)13)16-6(3)10/h1-2H. The van der Waals surface area contributed by atoms with Crippen LogP contribution in [0.2, 0.25) is 5.15 Å². The molecule has 84 valence electrons. The molecule has 0 amide bonds. The maximum atomic E-state index is 12.4. The van der Waals surface area contributed by atoms with Crippen molar-refractivity contribution < 1.29 is 13.2 Å². The average molecular weight is 312 g/mol. The Morgan fingerprint density at radius 3 is 2.56 bits per heavy atom. The van der Waals surface area contributed by atoms with Gasteiger partial charge in [0.05, 0.1) is 11.7 Å². The van der Waals surface area contributed by atoms with Crippen LogP contribution < -0.4 is 0 Å². The van der Waals surface area contributed by atoms with E-state index >= 15 is 0 Å². The molecule has 0 fully saturated rings. The predicted molar refractivity (Wildman–Crippen MR) is 55.0 cm³/mol. The fourth-order valence-corrected chi connectivity index (χ4v) is 1.66. The van der Waals surface area contributed by atoms with Crippen molar-refractivity contribution in [1.29, 1.82) is 0 Å². The largest absolute Gasteiger partial charge is 0.451 e. The number of fused-ring (bicyclic) bond motifs is 1. The zero-order valence-corrected chi connectivity index (χ0v) is 9.73. The van der Waals surface area contributed by atoms with Crippen LogP contribution in [0.5, 0.6) is 0 Å².